The molecule has 0 heterocycles. The second-order valence-corrected chi connectivity index (χ2v) is 4.03. The number of benzene rings is 1. The Labute approximate surface area is 117 Å². The summed E-state index contributed by atoms with van der Waals surface area (Å²) in [7, 11) is 2.49. The van der Waals surface area contributed by atoms with Gasteiger partial charge in [0.15, 0.2) is 0 Å². The van der Waals surface area contributed by atoms with Crippen molar-refractivity contribution in [2.75, 3.05) is 14.2 Å². The summed E-state index contributed by atoms with van der Waals surface area (Å²) in [5, 5.41) is 2.54. The smallest absolute Gasteiger partial charge is 0.328 e. The van der Waals surface area contributed by atoms with Crippen LogP contribution in [0.15, 0.2) is 30.3 Å². The summed E-state index contributed by atoms with van der Waals surface area (Å²) in [6, 6.07) is 7.60. The van der Waals surface area contributed by atoms with Crippen molar-refractivity contribution in [2.24, 2.45) is 0 Å². The predicted octanol–water partition coefficient (Wildman–Crippen LogP) is 0.911. The molecule has 0 unspecified atom stereocenters. The number of methoxy groups -OCH3 is 2. The van der Waals surface area contributed by atoms with E-state index in [0.29, 0.717) is 5.56 Å². The molecule has 1 amide bonds. The molecule has 20 heavy (non-hydrogen) atoms. The van der Waals surface area contributed by atoms with Crippen molar-refractivity contribution in [1.29, 1.82) is 0 Å². The Balaban J connectivity index is 2.67. The molecular formula is C14H17NO5. The van der Waals surface area contributed by atoms with Gasteiger partial charge in [0, 0.05) is 12.0 Å². The second kappa shape index (κ2) is 7.93. The highest BCUT2D eigenvalue weighted by atomic mass is 16.5. The predicted molar refractivity (Wildman–Crippen MR) is 71.0 cm³/mol. The Hall–Kier alpha value is -2.37. The van der Waals surface area contributed by atoms with Crippen molar-refractivity contribution in [2.45, 2.75) is 18.9 Å². The Morgan fingerprint density at radius 1 is 1.10 bits per heavy atom. The van der Waals surface area contributed by atoms with E-state index in [4.69, 9.17) is 0 Å². The van der Waals surface area contributed by atoms with Gasteiger partial charge in [0.25, 0.3) is 5.91 Å². The van der Waals surface area contributed by atoms with Crippen LogP contribution in [-0.4, -0.2) is 38.1 Å². The molecule has 0 aliphatic heterocycles. The van der Waals surface area contributed by atoms with Crippen LogP contribution in [0.2, 0.25) is 0 Å². The van der Waals surface area contributed by atoms with Crippen LogP contribution in [0.3, 0.4) is 0 Å². The zero-order valence-electron chi connectivity index (χ0n) is 11.4. The second-order valence-electron chi connectivity index (χ2n) is 4.03. The van der Waals surface area contributed by atoms with E-state index in [2.05, 4.69) is 14.8 Å². The lowest BCUT2D eigenvalue weighted by atomic mass is 10.1. The molecule has 1 rings (SSSR count). The van der Waals surface area contributed by atoms with E-state index in [1.807, 2.05) is 0 Å². The van der Waals surface area contributed by atoms with Gasteiger partial charge in [0.1, 0.15) is 6.04 Å². The van der Waals surface area contributed by atoms with Gasteiger partial charge in [-0.15, -0.1) is 0 Å². The molecule has 108 valence electrons. The van der Waals surface area contributed by atoms with E-state index in [9.17, 15) is 14.4 Å². The van der Waals surface area contributed by atoms with E-state index in [0.717, 1.165) is 0 Å². The molecule has 0 bridgehead atoms. The van der Waals surface area contributed by atoms with Gasteiger partial charge < -0.3 is 14.8 Å². The third-order valence-electron chi connectivity index (χ3n) is 2.69. The van der Waals surface area contributed by atoms with E-state index < -0.39 is 23.9 Å². The summed E-state index contributed by atoms with van der Waals surface area (Å²) in [5.74, 6) is -1.45. The van der Waals surface area contributed by atoms with Crippen LogP contribution in [0.5, 0.6) is 0 Å². The minimum atomic E-state index is -0.883. The molecule has 1 atom stereocenters. The number of rotatable bonds is 6. The molecule has 0 fully saturated rings. The first kappa shape index (κ1) is 15.7. The van der Waals surface area contributed by atoms with Crippen molar-refractivity contribution < 1.29 is 23.9 Å². The lowest BCUT2D eigenvalue weighted by Gasteiger charge is -2.15. The monoisotopic (exact) mass is 279 g/mol. The average Bonchev–Trinajstić information content (AvgIpc) is 2.50. The first-order valence-electron chi connectivity index (χ1n) is 6.09. The highest BCUT2D eigenvalue weighted by Crippen LogP contribution is 2.04. The maximum Gasteiger partial charge on any atom is 0.328 e. The molecule has 0 aliphatic carbocycles. The normalized spacial score (nSPS) is 11.3. The Bertz CT molecular complexity index is 472. The maximum absolute atomic E-state index is 12.0. The number of nitrogens with one attached hydrogen (secondary N) is 1. The largest absolute Gasteiger partial charge is 0.469 e. The van der Waals surface area contributed by atoms with Crippen molar-refractivity contribution in [3.63, 3.8) is 0 Å². The van der Waals surface area contributed by atoms with Gasteiger partial charge in [0.05, 0.1) is 14.2 Å². The van der Waals surface area contributed by atoms with E-state index in [-0.39, 0.29) is 12.8 Å². The third kappa shape index (κ3) is 4.72. The van der Waals surface area contributed by atoms with Crippen molar-refractivity contribution in [3.05, 3.63) is 35.9 Å². The van der Waals surface area contributed by atoms with E-state index >= 15 is 0 Å². The number of carbonyl (C=O) groups excluding carboxylic acids is 3. The van der Waals surface area contributed by atoms with Gasteiger partial charge in [-0.25, -0.2) is 4.79 Å². The van der Waals surface area contributed by atoms with Crippen LogP contribution >= 0.6 is 0 Å². The van der Waals surface area contributed by atoms with Crippen LogP contribution in [0.25, 0.3) is 0 Å². The zero-order valence-corrected chi connectivity index (χ0v) is 11.4. The quantitative estimate of drug-likeness (QED) is 0.783. The van der Waals surface area contributed by atoms with Crippen LogP contribution in [0.4, 0.5) is 0 Å². The molecule has 0 spiro atoms. The van der Waals surface area contributed by atoms with Crippen LogP contribution in [0, 0.1) is 0 Å². The Morgan fingerprint density at radius 2 is 1.75 bits per heavy atom. The molecule has 0 aliphatic rings. The van der Waals surface area contributed by atoms with Gasteiger partial charge in [-0.2, -0.15) is 0 Å². The lowest BCUT2D eigenvalue weighted by Crippen LogP contribution is -2.41. The Morgan fingerprint density at radius 3 is 2.30 bits per heavy atom. The highest BCUT2D eigenvalue weighted by molar-refractivity contribution is 5.96. The van der Waals surface area contributed by atoms with Crippen LogP contribution in [-0.2, 0) is 19.1 Å². The fourth-order valence-electron chi connectivity index (χ4n) is 1.59. The molecule has 0 saturated heterocycles. The number of hydrogen-bond donors (Lipinski definition) is 1. The number of amides is 1. The number of ether oxygens (including phenoxy) is 2. The number of esters is 2. The van der Waals surface area contributed by atoms with Crippen molar-refractivity contribution in [3.8, 4) is 0 Å². The molecule has 1 N–H and O–H groups in total. The topological polar surface area (TPSA) is 81.7 Å². The molecule has 0 saturated carbocycles. The lowest BCUT2D eigenvalue weighted by molar-refractivity contribution is -0.144. The van der Waals surface area contributed by atoms with Crippen LogP contribution in [0.1, 0.15) is 23.2 Å². The summed E-state index contributed by atoms with van der Waals surface area (Å²) in [5.41, 5.74) is 0.430. The summed E-state index contributed by atoms with van der Waals surface area (Å²) >= 11 is 0. The van der Waals surface area contributed by atoms with Gasteiger partial charge in [-0.05, 0) is 18.6 Å². The number of hydrogen-bond acceptors (Lipinski definition) is 5. The molecule has 1 aromatic carbocycles. The fourth-order valence-corrected chi connectivity index (χ4v) is 1.59. The molecule has 0 radical (unpaired) electrons. The average molecular weight is 279 g/mol. The molecule has 1 aromatic rings. The minimum Gasteiger partial charge on any atom is -0.469 e. The van der Waals surface area contributed by atoms with Crippen LogP contribution < -0.4 is 5.32 Å². The summed E-state index contributed by atoms with van der Waals surface area (Å²) < 4.78 is 9.11. The third-order valence-corrected chi connectivity index (χ3v) is 2.69. The molecular weight excluding hydrogens is 262 g/mol. The van der Waals surface area contributed by atoms with Gasteiger partial charge in [-0.1, -0.05) is 18.2 Å². The van der Waals surface area contributed by atoms with Crippen molar-refractivity contribution in [1.82, 2.24) is 5.32 Å². The number of carbonyl (C=O) groups is 3. The first-order chi connectivity index (χ1) is 9.58. The van der Waals surface area contributed by atoms with Gasteiger partial charge in [0.2, 0.25) is 0 Å². The van der Waals surface area contributed by atoms with E-state index in [1.165, 1.54) is 14.2 Å². The minimum absolute atomic E-state index is 0.0192. The Kier molecular flexibility index (Phi) is 6.22. The summed E-state index contributed by atoms with van der Waals surface area (Å²) in [6.07, 6.45) is 0.142. The highest BCUT2D eigenvalue weighted by Gasteiger charge is 2.23. The van der Waals surface area contributed by atoms with Gasteiger partial charge >= 0.3 is 11.9 Å². The summed E-state index contributed by atoms with van der Waals surface area (Å²) in [6.45, 7) is 0. The standard InChI is InChI=1S/C14H17NO5/c1-19-12(16)9-8-11(14(18)20-2)15-13(17)10-6-4-3-5-7-10/h3-7,11H,8-9H2,1-2H3,(H,15,17)/t11-/m1/s1. The van der Waals surface area contributed by atoms with E-state index in [1.54, 1.807) is 30.3 Å². The molecule has 6 nitrogen and oxygen atoms in total. The van der Waals surface area contributed by atoms with Crippen molar-refractivity contribution >= 4 is 17.8 Å². The molecule has 6 heteroatoms. The maximum atomic E-state index is 12.0. The molecule has 0 aromatic heterocycles. The SMILES string of the molecule is COC(=O)CC[C@@H](NC(=O)c1ccccc1)C(=O)OC. The summed E-state index contributed by atoms with van der Waals surface area (Å²) in [4.78, 5) is 34.6. The van der Waals surface area contributed by atoms with Gasteiger partial charge in [-0.3, -0.25) is 9.59 Å². The first-order valence-corrected chi connectivity index (χ1v) is 6.09. The zero-order chi connectivity index (χ0) is 15.0. The fraction of sp³-hybridized carbons (Fsp3) is 0.357.